The van der Waals surface area contributed by atoms with Crippen molar-refractivity contribution in [3.63, 3.8) is 0 Å². The third-order valence-corrected chi connectivity index (χ3v) is 2.74. The summed E-state index contributed by atoms with van der Waals surface area (Å²) in [5, 5.41) is 0. The van der Waals surface area contributed by atoms with E-state index in [4.69, 9.17) is 5.73 Å². The summed E-state index contributed by atoms with van der Waals surface area (Å²) in [7, 11) is 0. The van der Waals surface area contributed by atoms with Gasteiger partial charge in [0, 0.05) is 12.6 Å². The van der Waals surface area contributed by atoms with Gasteiger partial charge in [-0.3, -0.25) is 4.79 Å². The maximum atomic E-state index is 11.6. The highest BCUT2D eigenvalue weighted by Crippen LogP contribution is 2.09. The highest BCUT2D eigenvalue weighted by Gasteiger charge is 2.17. The summed E-state index contributed by atoms with van der Waals surface area (Å²) in [5.41, 5.74) is 5.42. The average Bonchev–Trinajstić information content (AvgIpc) is 2.23. The highest BCUT2D eigenvalue weighted by molar-refractivity contribution is 5.78. The fraction of sp³-hybridized carbons (Fsp3) is 0.917. The Bertz CT molecular complexity index is 171. The molecule has 0 aromatic rings. The van der Waals surface area contributed by atoms with Gasteiger partial charge in [-0.05, 0) is 19.8 Å². The number of unbranched alkanes of at least 4 members (excludes halogenated alkanes) is 2. The van der Waals surface area contributed by atoms with Crippen molar-refractivity contribution in [2.75, 3.05) is 13.1 Å². The average molecular weight is 214 g/mol. The van der Waals surface area contributed by atoms with Gasteiger partial charge < -0.3 is 10.6 Å². The molecule has 0 radical (unpaired) electrons. The molecule has 2 N–H and O–H groups in total. The minimum Gasteiger partial charge on any atom is -0.339 e. The second-order valence-electron chi connectivity index (χ2n) is 4.14. The molecule has 1 atom stereocenters. The van der Waals surface area contributed by atoms with Crippen molar-refractivity contribution in [1.82, 2.24) is 4.90 Å². The Balaban J connectivity index is 4.11. The van der Waals surface area contributed by atoms with Crippen LogP contribution in [0.4, 0.5) is 0 Å². The van der Waals surface area contributed by atoms with Gasteiger partial charge in [-0.15, -0.1) is 0 Å². The maximum Gasteiger partial charge on any atom is 0.236 e. The first-order valence-corrected chi connectivity index (χ1v) is 6.16. The van der Waals surface area contributed by atoms with E-state index in [1.54, 1.807) is 0 Å². The largest absolute Gasteiger partial charge is 0.339 e. The number of hydrogen-bond acceptors (Lipinski definition) is 2. The van der Waals surface area contributed by atoms with Crippen LogP contribution in [0.15, 0.2) is 0 Å². The lowest BCUT2D eigenvalue weighted by Crippen LogP contribution is -2.42. The van der Waals surface area contributed by atoms with E-state index in [2.05, 4.69) is 20.8 Å². The zero-order valence-corrected chi connectivity index (χ0v) is 10.5. The van der Waals surface area contributed by atoms with E-state index in [0.717, 1.165) is 25.8 Å². The smallest absolute Gasteiger partial charge is 0.236 e. The van der Waals surface area contributed by atoms with Crippen LogP contribution in [0, 0.1) is 0 Å². The van der Waals surface area contributed by atoms with Crippen LogP contribution in [0.25, 0.3) is 0 Å². The van der Waals surface area contributed by atoms with E-state index in [0.29, 0.717) is 6.04 Å². The molecule has 90 valence electrons. The molecule has 0 fully saturated rings. The van der Waals surface area contributed by atoms with Crippen molar-refractivity contribution < 1.29 is 4.79 Å². The Morgan fingerprint density at radius 3 is 2.40 bits per heavy atom. The Kier molecular flexibility index (Phi) is 8.38. The zero-order valence-electron chi connectivity index (χ0n) is 10.5. The quantitative estimate of drug-likeness (QED) is 0.629. The predicted octanol–water partition coefficient (Wildman–Crippen LogP) is 2.15. The zero-order chi connectivity index (χ0) is 11.7. The van der Waals surface area contributed by atoms with Crippen molar-refractivity contribution in [2.45, 2.75) is 58.9 Å². The molecule has 0 bridgehead atoms. The molecular formula is C12H26N2O. The molecule has 1 amide bonds. The van der Waals surface area contributed by atoms with E-state index in [-0.39, 0.29) is 12.5 Å². The molecule has 0 aliphatic rings. The van der Waals surface area contributed by atoms with E-state index in [1.165, 1.54) is 12.8 Å². The lowest BCUT2D eigenvalue weighted by atomic mass is 10.1. The van der Waals surface area contributed by atoms with Crippen molar-refractivity contribution >= 4 is 5.91 Å². The summed E-state index contributed by atoms with van der Waals surface area (Å²) in [6.45, 7) is 7.44. The van der Waals surface area contributed by atoms with Crippen molar-refractivity contribution in [3.8, 4) is 0 Å². The van der Waals surface area contributed by atoms with Gasteiger partial charge in [-0.25, -0.2) is 0 Å². The molecular weight excluding hydrogens is 188 g/mol. The molecule has 0 saturated carbocycles. The van der Waals surface area contributed by atoms with Gasteiger partial charge in [0.05, 0.1) is 6.54 Å². The molecule has 0 heterocycles. The summed E-state index contributed by atoms with van der Waals surface area (Å²) < 4.78 is 0. The SMILES string of the molecule is CCCCCN(C(=O)CN)C(C)CCC. The van der Waals surface area contributed by atoms with Crippen molar-refractivity contribution in [1.29, 1.82) is 0 Å². The van der Waals surface area contributed by atoms with Gasteiger partial charge in [0.1, 0.15) is 0 Å². The van der Waals surface area contributed by atoms with Gasteiger partial charge in [0.15, 0.2) is 0 Å². The lowest BCUT2D eigenvalue weighted by molar-refractivity contribution is -0.131. The van der Waals surface area contributed by atoms with E-state index >= 15 is 0 Å². The Hall–Kier alpha value is -0.570. The first kappa shape index (κ1) is 14.4. The first-order chi connectivity index (χ1) is 7.17. The van der Waals surface area contributed by atoms with Gasteiger partial charge in [-0.1, -0.05) is 33.1 Å². The Morgan fingerprint density at radius 1 is 1.27 bits per heavy atom. The summed E-state index contributed by atoms with van der Waals surface area (Å²) in [4.78, 5) is 13.6. The number of hydrogen-bond donors (Lipinski definition) is 1. The van der Waals surface area contributed by atoms with E-state index in [9.17, 15) is 4.79 Å². The van der Waals surface area contributed by atoms with Crippen LogP contribution in [0.5, 0.6) is 0 Å². The van der Waals surface area contributed by atoms with E-state index in [1.807, 2.05) is 4.90 Å². The molecule has 0 saturated heterocycles. The van der Waals surface area contributed by atoms with Crippen LogP contribution in [-0.2, 0) is 4.79 Å². The third-order valence-electron chi connectivity index (χ3n) is 2.74. The number of carbonyl (C=O) groups is 1. The summed E-state index contributed by atoms with van der Waals surface area (Å²) in [6.07, 6.45) is 5.65. The molecule has 0 spiro atoms. The Morgan fingerprint density at radius 2 is 1.93 bits per heavy atom. The van der Waals surface area contributed by atoms with Crippen LogP contribution in [0.1, 0.15) is 52.9 Å². The fourth-order valence-electron chi connectivity index (χ4n) is 1.81. The number of nitrogens with zero attached hydrogens (tertiary/aromatic N) is 1. The maximum absolute atomic E-state index is 11.6. The number of rotatable bonds is 8. The molecule has 0 aromatic carbocycles. The van der Waals surface area contributed by atoms with Gasteiger partial charge in [-0.2, -0.15) is 0 Å². The monoisotopic (exact) mass is 214 g/mol. The molecule has 0 aliphatic heterocycles. The van der Waals surface area contributed by atoms with Crippen molar-refractivity contribution in [2.24, 2.45) is 5.73 Å². The predicted molar refractivity (Wildman–Crippen MR) is 64.7 cm³/mol. The fourth-order valence-corrected chi connectivity index (χ4v) is 1.81. The molecule has 15 heavy (non-hydrogen) atoms. The molecule has 3 heteroatoms. The molecule has 0 rings (SSSR count). The van der Waals surface area contributed by atoms with Crippen LogP contribution >= 0.6 is 0 Å². The first-order valence-electron chi connectivity index (χ1n) is 6.16. The number of nitrogens with two attached hydrogens (primary N) is 1. The standard InChI is InChI=1S/C12H26N2O/c1-4-6-7-9-14(12(15)10-13)11(3)8-5-2/h11H,4-10,13H2,1-3H3. The summed E-state index contributed by atoms with van der Waals surface area (Å²) >= 11 is 0. The third kappa shape index (κ3) is 5.78. The Labute approximate surface area is 94.0 Å². The molecule has 0 aromatic heterocycles. The van der Waals surface area contributed by atoms with Crippen LogP contribution in [-0.4, -0.2) is 29.9 Å². The van der Waals surface area contributed by atoms with Crippen LogP contribution in [0.2, 0.25) is 0 Å². The lowest BCUT2D eigenvalue weighted by Gasteiger charge is -2.28. The molecule has 0 aliphatic carbocycles. The molecule has 1 unspecified atom stereocenters. The minimum absolute atomic E-state index is 0.0899. The van der Waals surface area contributed by atoms with E-state index < -0.39 is 0 Å². The highest BCUT2D eigenvalue weighted by atomic mass is 16.2. The molecule has 3 nitrogen and oxygen atoms in total. The summed E-state index contributed by atoms with van der Waals surface area (Å²) in [6, 6.07) is 0.336. The van der Waals surface area contributed by atoms with Gasteiger partial charge in [0.25, 0.3) is 0 Å². The normalized spacial score (nSPS) is 12.5. The van der Waals surface area contributed by atoms with Gasteiger partial charge in [0.2, 0.25) is 5.91 Å². The summed E-state index contributed by atoms with van der Waals surface area (Å²) in [5.74, 6) is 0.0899. The van der Waals surface area contributed by atoms with Crippen molar-refractivity contribution in [3.05, 3.63) is 0 Å². The second kappa shape index (κ2) is 8.72. The van der Waals surface area contributed by atoms with Gasteiger partial charge >= 0.3 is 0 Å². The minimum atomic E-state index is 0.0899. The number of amides is 1. The van der Waals surface area contributed by atoms with Crippen LogP contribution in [0.3, 0.4) is 0 Å². The topological polar surface area (TPSA) is 46.3 Å². The second-order valence-corrected chi connectivity index (χ2v) is 4.14. The number of carbonyl (C=O) groups excluding carboxylic acids is 1. The van der Waals surface area contributed by atoms with Crippen LogP contribution < -0.4 is 5.73 Å².